The van der Waals surface area contributed by atoms with E-state index in [1.54, 1.807) is 6.07 Å². The van der Waals surface area contributed by atoms with Crippen LogP contribution in [0, 0.1) is 11.3 Å². The van der Waals surface area contributed by atoms with Crippen LogP contribution in [0.3, 0.4) is 0 Å². The lowest BCUT2D eigenvalue weighted by Crippen LogP contribution is -2.40. The second kappa shape index (κ2) is 5.07. The monoisotopic (exact) mass is 231 g/mol. The molecular weight excluding hydrogens is 214 g/mol. The minimum atomic E-state index is 0.347. The zero-order chi connectivity index (χ0) is 12.3. The van der Waals surface area contributed by atoms with E-state index in [1.165, 1.54) is 0 Å². The van der Waals surface area contributed by atoms with Crippen LogP contribution in [-0.4, -0.2) is 26.2 Å². The van der Waals surface area contributed by atoms with Gasteiger partial charge in [-0.2, -0.15) is 5.26 Å². The highest BCUT2D eigenvalue weighted by molar-refractivity contribution is 5.66. The van der Waals surface area contributed by atoms with Crippen molar-refractivity contribution < 1.29 is 4.74 Å². The molecule has 17 heavy (non-hydrogen) atoms. The number of hydrogen-bond donors (Lipinski definition) is 1. The van der Waals surface area contributed by atoms with Crippen LogP contribution in [-0.2, 0) is 0 Å². The summed E-state index contributed by atoms with van der Waals surface area (Å²) in [5.41, 5.74) is 7.13. The summed E-state index contributed by atoms with van der Waals surface area (Å²) in [6.07, 6.45) is 2.01. The van der Waals surface area contributed by atoms with Gasteiger partial charge in [-0.3, -0.25) is 0 Å². The van der Waals surface area contributed by atoms with Crippen LogP contribution in [0.2, 0.25) is 0 Å². The van der Waals surface area contributed by atoms with Gasteiger partial charge in [-0.05, 0) is 31.5 Å². The maximum absolute atomic E-state index is 9.02. The molecule has 2 rings (SSSR count). The first kappa shape index (κ1) is 11.7. The number of ether oxygens (including phenoxy) is 1. The normalized spacial score (nSPS) is 18.2. The van der Waals surface area contributed by atoms with Crippen molar-refractivity contribution in [3.63, 3.8) is 0 Å². The number of hydrogen-bond acceptors (Lipinski definition) is 4. The van der Waals surface area contributed by atoms with Gasteiger partial charge < -0.3 is 15.4 Å². The Morgan fingerprint density at radius 2 is 2.41 bits per heavy atom. The molecule has 0 fully saturated rings. The molecule has 1 heterocycles. The van der Waals surface area contributed by atoms with E-state index < -0.39 is 0 Å². The summed E-state index contributed by atoms with van der Waals surface area (Å²) < 4.78 is 5.72. The molecule has 0 bridgehead atoms. The summed E-state index contributed by atoms with van der Waals surface area (Å²) in [6.45, 7) is 1.33. The first-order valence-electron chi connectivity index (χ1n) is 5.86. The average molecular weight is 231 g/mol. The number of nitrogens with two attached hydrogens (primary N) is 1. The highest BCUT2D eigenvalue weighted by Gasteiger charge is 2.25. The minimum Gasteiger partial charge on any atom is -0.488 e. The van der Waals surface area contributed by atoms with Crippen molar-refractivity contribution in [2.75, 3.05) is 25.1 Å². The SMILES string of the molecule is CN1c2cccc(C#N)c2OCC1CCCN. The summed E-state index contributed by atoms with van der Waals surface area (Å²) >= 11 is 0. The molecule has 0 aliphatic carbocycles. The van der Waals surface area contributed by atoms with E-state index in [0.29, 0.717) is 30.5 Å². The van der Waals surface area contributed by atoms with Crippen molar-refractivity contribution in [3.8, 4) is 11.8 Å². The second-order valence-electron chi connectivity index (χ2n) is 4.27. The van der Waals surface area contributed by atoms with Crippen molar-refractivity contribution >= 4 is 5.69 Å². The number of rotatable bonds is 3. The molecule has 1 atom stereocenters. The molecule has 4 nitrogen and oxygen atoms in total. The number of nitrogens with zero attached hydrogens (tertiary/aromatic N) is 2. The fourth-order valence-corrected chi connectivity index (χ4v) is 2.16. The van der Waals surface area contributed by atoms with Gasteiger partial charge in [-0.15, -0.1) is 0 Å². The number of para-hydroxylation sites is 1. The van der Waals surface area contributed by atoms with Gasteiger partial charge in [-0.1, -0.05) is 6.07 Å². The van der Waals surface area contributed by atoms with Crippen molar-refractivity contribution in [1.29, 1.82) is 5.26 Å². The Morgan fingerprint density at radius 1 is 1.59 bits per heavy atom. The van der Waals surface area contributed by atoms with Gasteiger partial charge in [0.2, 0.25) is 0 Å². The molecule has 1 unspecified atom stereocenters. The molecular formula is C13H17N3O. The molecule has 0 aromatic heterocycles. The third kappa shape index (κ3) is 2.20. The van der Waals surface area contributed by atoms with Crippen LogP contribution >= 0.6 is 0 Å². The van der Waals surface area contributed by atoms with E-state index in [0.717, 1.165) is 18.5 Å². The highest BCUT2D eigenvalue weighted by atomic mass is 16.5. The molecule has 2 N–H and O–H groups in total. The molecule has 0 spiro atoms. The zero-order valence-corrected chi connectivity index (χ0v) is 10.0. The Morgan fingerprint density at radius 3 is 3.12 bits per heavy atom. The minimum absolute atomic E-state index is 0.347. The standard InChI is InChI=1S/C13H17N3O/c1-16-11(5-3-7-14)9-17-13-10(8-15)4-2-6-12(13)16/h2,4,6,11H,3,5,7,9,14H2,1H3. The Bertz CT molecular complexity index is 439. The van der Waals surface area contributed by atoms with Crippen LogP contribution in [0.4, 0.5) is 5.69 Å². The van der Waals surface area contributed by atoms with Gasteiger partial charge in [0.1, 0.15) is 12.7 Å². The van der Waals surface area contributed by atoms with Crippen molar-refractivity contribution in [2.45, 2.75) is 18.9 Å². The van der Waals surface area contributed by atoms with E-state index in [2.05, 4.69) is 11.0 Å². The van der Waals surface area contributed by atoms with E-state index in [1.807, 2.05) is 19.2 Å². The molecule has 90 valence electrons. The number of anilines is 1. The van der Waals surface area contributed by atoms with E-state index in [4.69, 9.17) is 15.7 Å². The lowest BCUT2D eigenvalue weighted by Gasteiger charge is -2.36. The van der Waals surface area contributed by atoms with Gasteiger partial charge in [0.05, 0.1) is 17.3 Å². The summed E-state index contributed by atoms with van der Waals surface area (Å²) in [6, 6.07) is 8.18. The molecule has 1 aromatic carbocycles. The number of likely N-dealkylation sites (N-methyl/N-ethyl adjacent to an activating group) is 1. The molecule has 1 aliphatic heterocycles. The van der Waals surface area contributed by atoms with Crippen LogP contribution in [0.5, 0.6) is 5.75 Å². The predicted octanol–water partition coefficient (Wildman–Crippen LogP) is 1.49. The summed E-state index contributed by atoms with van der Waals surface area (Å²) in [5, 5.41) is 9.02. The van der Waals surface area contributed by atoms with E-state index in [-0.39, 0.29) is 0 Å². The largest absolute Gasteiger partial charge is 0.488 e. The second-order valence-corrected chi connectivity index (χ2v) is 4.27. The van der Waals surface area contributed by atoms with E-state index in [9.17, 15) is 0 Å². The average Bonchev–Trinajstić information content (AvgIpc) is 2.37. The first-order chi connectivity index (χ1) is 8.27. The smallest absolute Gasteiger partial charge is 0.160 e. The predicted molar refractivity (Wildman–Crippen MR) is 67.1 cm³/mol. The fraction of sp³-hybridized carbons (Fsp3) is 0.462. The highest BCUT2D eigenvalue weighted by Crippen LogP contribution is 2.36. The van der Waals surface area contributed by atoms with Crippen molar-refractivity contribution in [2.24, 2.45) is 5.73 Å². The van der Waals surface area contributed by atoms with Crippen LogP contribution in [0.1, 0.15) is 18.4 Å². The van der Waals surface area contributed by atoms with Crippen LogP contribution in [0.25, 0.3) is 0 Å². The Kier molecular flexibility index (Phi) is 3.50. The molecule has 4 heteroatoms. The fourth-order valence-electron chi connectivity index (χ4n) is 2.16. The number of benzene rings is 1. The number of fused-ring (bicyclic) bond motifs is 1. The number of nitriles is 1. The molecule has 1 aliphatic rings. The Hall–Kier alpha value is -1.73. The molecule has 0 radical (unpaired) electrons. The summed E-state index contributed by atoms with van der Waals surface area (Å²) in [7, 11) is 2.05. The maximum atomic E-state index is 9.02. The van der Waals surface area contributed by atoms with Gasteiger partial charge >= 0.3 is 0 Å². The molecule has 0 saturated carbocycles. The van der Waals surface area contributed by atoms with Gasteiger partial charge in [-0.25, -0.2) is 0 Å². The third-order valence-electron chi connectivity index (χ3n) is 3.20. The Labute approximate surface area is 102 Å². The molecule has 0 amide bonds. The van der Waals surface area contributed by atoms with Crippen LogP contribution < -0.4 is 15.4 Å². The lowest BCUT2D eigenvalue weighted by atomic mass is 10.1. The van der Waals surface area contributed by atoms with Crippen molar-refractivity contribution in [3.05, 3.63) is 23.8 Å². The van der Waals surface area contributed by atoms with Crippen LogP contribution in [0.15, 0.2) is 18.2 Å². The van der Waals surface area contributed by atoms with Crippen molar-refractivity contribution in [1.82, 2.24) is 0 Å². The molecule has 1 aromatic rings. The topological polar surface area (TPSA) is 62.3 Å². The van der Waals surface area contributed by atoms with Gasteiger partial charge in [0, 0.05) is 7.05 Å². The third-order valence-corrected chi connectivity index (χ3v) is 3.20. The van der Waals surface area contributed by atoms with E-state index >= 15 is 0 Å². The maximum Gasteiger partial charge on any atom is 0.160 e. The quantitative estimate of drug-likeness (QED) is 0.856. The summed E-state index contributed by atoms with van der Waals surface area (Å²) in [4.78, 5) is 2.19. The molecule has 0 saturated heterocycles. The zero-order valence-electron chi connectivity index (χ0n) is 10.0. The first-order valence-corrected chi connectivity index (χ1v) is 5.86. The van der Waals surface area contributed by atoms with Gasteiger partial charge in [0.25, 0.3) is 0 Å². The van der Waals surface area contributed by atoms with Gasteiger partial charge in [0.15, 0.2) is 5.75 Å². The summed E-state index contributed by atoms with van der Waals surface area (Å²) in [5.74, 6) is 0.710. The lowest BCUT2D eigenvalue weighted by molar-refractivity contribution is 0.258. The Balaban J connectivity index is 2.24.